The van der Waals surface area contributed by atoms with E-state index in [9.17, 15) is 24.3 Å². The van der Waals surface area contributed by atoms with Gasteiger partial charge in [0.1, 0.15) is 0 Å². The molecule has 1 rings (SSSR count). The second-order valence-electron chi connectivity index (χ2n) is 9.48. The van der Waals surface area contributed by atoms with Gasteiger partial charge in [0.2, 0.25) is 5.60 Å². The standard InChI is InChI=1S/C27H42O8/c1-6-7-8-9-10-11-15-23-17-14-18-24(23)16-12-13-19-26(5,33-20(2)28)27(25(31)32,34-21(3)29)35-22(4)30/h11-13,15,23-24H,6-10,14,16-19H2,1-5H3,(H,31,32)/b13-12-,15-11+/t23-,24-,26?/m0/s1. The lowest BCUT2D eigenvalue weighted by Crippen LogP contribution is -2.64. The molecule has 8 heteroatoms. The van der Waals surface area contributed by atoms with Crippen molar-refractivity contribution in [3.05, 3.63) is 24.3 Å². The Kier molecular flexibility index (Phi) is 12.8. The van der Waals surface area contributed by atoms with Crippen molar-refractivity contribution in [3.63, 3.8) is 0 Å². The van der Waals surface area contributed by atoms with Gasteiger partial charge in [-0.1, -0.05) is 56.9 Å². The highest BCUT2D eigenvalue weighted by atomic mass is 16.8. The van der Waals surface area contributed by atoms with E-state index in [0.29, 0.717) is 11.8 Å². The van der Waals surface area contributed by atoms with Gasteiger partial charge in [-0.15, -0.1) is 0 Å². The molecule has 0 aromatic rings. The molecule has 1 N–H and O–H groups in total. The van der Waals surface area contributed by atoms with E-state index in [2.05, 4.69) is 19.1 Å². The first-order chi connectivity index (χ1) is 16.5. The van der Waals surface area contributed by atoms with Crippen molar-refractivity contribution in [2.75, 3.05) is 0 Å². The first-order valence-electron chi connectivity index (χ1n) is 12.6. The Labute approximate surface area is 209 Å². The summed E-state index contributed by atoms with van der Waals surface area (Å²) < 4.78 is 15.3. The van der Waals surface area contributed by atoms with Gasteiger partial charge in [0.05, 0.1) is 0 Å². The first-order valence-corrected chi connectivity index (χ1v) is 12.6. The molecule has 1 aliphatic rings. The topological polar surface area (TPSA) is 116 Å². The van der Waals surface area contributed by atoms with E-state index in [1.807, 2.05) is 6.08 Å². The number of unbranched alkanes of at least 4 members (excludes halogenated alkanes) is 4. The number of allylic oxidation sites excluding steroid dienone is 3. The zero-order valence-corrected chi connectivity index (χ0v) is 21.8. The van der Waals surface area contributed by atoms with Crippen molar-refractivity contribution in [1.82, 2.24) is 0 Å². The van der Waals surface area contributed by atoms with Gasteiger partial charge in [0.15, 0.2) is 0 Å². The number of carboxylic acid groups (broad SMARTS) is 1. The van der Waals surface area contributed by atoms with Crippen LogP contribution < -0.4 is 0 Å². The maximum absolute atomic E-state index is 12.2. The zero-order chi connectivity index (χ0) is 26.5. The Hall–Kier alpha value is -2.64. The fourth-order valence-electron chi connectivity index (χ4n) is 4.67. The van der Waals surface area contributed by atoms with E-state index in [-0.39, 0.29) is 6.42 Å². The highest BCUT2D eigenvalue weighted by Crippen LogP contribution is 2.38. The van der Waals surface area contributed by atoms with Gasteiger partial charge in [0.25, 0.3) is 0 Å². The second-order valence-corrected chi connectivity index (χ2v) is 9.48. The van der Waals surface area contributed by atoms with Gasteiger partial charge >= 0.3 is 29.7 Å². The molecule has 0 spiro atoms. The molecule has 35 heavy (non-hydrogen) atoms. The van der Waals surface area contributed by atoms with Crippen LogP contribution >= 0.6 is 0 Å². The van der Waals surface area contributed by atoms with Crippen molar-refractivity contribution in [3.8, 4) is 0 Å². The van der Waals surface area contributed by atoms with Crippen LogP contribution in [0.2, 0.25) is 0 Å². The van der Waals surface area contributed by atoms with Crippen LogP contribution in [0.3, 0.4) is 0 Å². The number of hydrogen-bond donors (Lipinski definition) is 1. The molecular formula is C27H42O8. The maximum Gasteiger partial charge on any atom is 0.396 e. The van der Waals surface area contributed by atoms with Crippen molar-refractivity contribution in [2.45, 2.75) is 110 Å². The SMILES string of the molecule is CCCCCC/C=C/[C@H]1CCC[C@@H]1C/C=C\CC(C)(OC(C)=O)C(OC(C)=O)(OC(C)=O)C(=O)O. The van der Waals surface area contributed by atoms with Crippen LogP contribution in [-0.4, -0.2) is 40.4 Å². The van der Waals surface area contributed by atoms with Crippen molar-refractivity contribution >= 4 is 23.9 Å². The van der Waals surface area contributed by atoms with Gasteiger partial charge in [-0.25, -0.2) is 4.79 Å². The summed E-state index contributed by atoms with van der Waals surface area (Å²) in [5.41, 5.74) is -1.98. The Bertz CT molecular complexity index is 768. The number of ether oxygens (including phenoxy) is 3. The van der Waals surface area contributed by atoms with E-state index in [1.54, 1.807) is 6.08 Å². The summed E-state index contributed by atoms with van der Waals surface area (Å²) in [6.45, 7) is 6.56. The minimum absolute atomic E-state index is 0.135. The van der Waals surface area contributed by atoms with Gasteiger partial charge in [0, 0.05) is 27.2 Å². The minimum atomic E-state index is -2.82. The lowest BCUT2D eigenvalue weighted by molar-refractivity contribution is -0.287. The normalized spacial score (nSPS) is 20.0. The molecule has 0 bridgehead atoms. The number of esters is 3. The summed E-state index contributed by atoms with van der Waals surface area (Å²) in [4.78, 5) is 47.5. The highest BCUT2D eigenvalue weighted by Gasteiger charge is 2.63. The number of carboxylic acids is 1. The fraction of sp³-hybridized carbons (Fsp3) is 0.704. The second kappa shape index (κ2) is 14.7. The van der Waals surface area contributed by atoms with E-state index in [0.717, 1.165) is 52.9 Å². The fourth-order valence-corrected chi connectivity index (χ4v) is 4.67. The van der Waals surface area contributed by atoms with Crippen molar-refractivity contribution in [2.24, 2.45) is 11.8 Å². The third-order valence-corrected chi connectivity index (χ3v) is 6.36. The van der Waals surface area contributed by atoms with Crippen LogP contribution in [0.1, 0.15) is 98.8 Å². The molecule has 0 aromatic carbocycles. The van der Waals surface area contributed by atoms with Crippen LogP contribution in [0.25, 0.3) is 0 Å². The van der Waals surface area contributed by atoms with Gasteiger partial charge < -0.3 is 19.3 Å². The van der Waals surface area contributed by atoms with E-state index in [1.165, 1.54) is 32.6 Å². The minimum Gasteiger partial charge on any atom is -0.475 e. The molecule has 8 nitrogen and oxygen atoms in total. The summed E-state index contributed by atoms with van der Waals surface area (Å²) in [6, 6.07) is 0. The molecular weight excluding hydrogens is 452 g/mol. The van der Waals surface area contributed by atoms with E-state index < -0.39 is 35.3 Å². The molecule has 198 valence electrons. The third-order valence-electron chi connectivity index (χ3n) is 6.36. The number of rotatable bonds is 15. The van der Waals surface area contributed by atoms with E-state index in [4.69, 9.17) is 14.2 Å². The summed E-state index contributed by atoms with van der Waals surface area (Å²) in [5, 5.41) is 9.91. The first kappa shape index (κ1) is 30.4. The van der Waals surface area contributed by atoms with Gasteiger partial charge in [-0.2, -0.15) is 0 Å². The molecule has 0 heterocycles. The van der Waals surface area contributed by atoms with Crippen LogP contribution in [0.5, 0.6) is 0 Å². The van der Waals surface area contributed by atoms with E-state index >= 15 is 0 Å². The molecule has 1 fully saturated rings. The van der Waals surface area contributed by atoms with Crippen LogP contribution in [-0.2, 0) is 33.4 Å². The Balaban J connectivity index is 2.96. The molecule has 1 saturated carbocycles. The van der Waals surface area contributed by atoms with Crippen LogP contribution in [0, 0.1) is 11.8 Å². The number of carbonyl (C=O) groups is 4. The molecule has 0 aliphatic heterocycles. The lowest BCUT2D eigenvalue weighted by Gasteiger charge is -2.41. The largest absolute Gasteiger partial charge is 0.475 e. The molecule has 0 aromatic heterocycles. The average Bonchev–Trinajstić information content (AvgIpc) is 3.19. The Morgan fingerprint density at radius 1 is 0.886 bits per heavy atom. The predicted molar refractivity (Wildman–Crippen MR) is 131 cm³/mol. The quantitative estimate of drug-likeness (QED) is 0.137. The molecule has 0 saturated heterocycles. The highest BCUT2D eigenvalue weighted by molar-refractivity contribution is 5.85. The number of aliphatic carboxylic acids is 1. The van der Waals surface area contributed by atoms with Crippen LogP contribution in [0.15, 0.2) is 24.3 Å². The molecule has 0 amide bonds. The maximum atomic E-state index is 12.2. The number of carbonyl (C=O) groups excluding carboxylic acids is 3. The molecule has 1 aliphatic carbocycles. The summed E-state index contributed by atoms with van der Waals surface area (Å²) in [7, 11) is 0. The molecule has 3 atom stereocenters. The monoisotopic (exact) mass is 494 g/mol. The Morgan fingerprint density at radius 3 is 2.06 bits per heavy atom. The third kappa shape index (κ3) is 9.49. The smallest absolute Gasteiger partial charge is 0.396 e. The summed E-state index contributed by atoms with van der Waals surface area (Å²) >= 11 is 0. The zero-order valence-electron chi connectivity index (χ0n) is 21.8. The lowest BCUT2D eigenvalue weighted by atomic mass is 9.88. The van der Waals surface area contributed by atoms with Crippen LogP contribution in [0.4, 0.5) is 0 Å². The molecule has 0 radical (unpaired) electrons. The number of hydrogen-bond acceptors (Lipinski definition) is 7. The van der Waals surface area contributed by atoms with Crippen molar-refractivity contribution in [1.29, 1.82) is 0 Å². The molecule has 1 unspecified atom stereocenters. The average molecular weight is 495 g/mol. The van der Waals surface area contributed by atoms with Gasteiger partial charge in [-0.3, -0.25) is 14.4 Å². The Morgan fingerprint density at radius 2 is 1.51 bits per heavy atom. The summed E-state index contributed by atoms with van der Waals surface area (Å²) in [5.74, 6) is -6.38. The predicted octanol–water partition coefficient (Wildman–Crippen LogP) is 5.49. The van der Waals surface area contributed by atoms with Crippen molar-refractivity contribution < 1.29 is 38.5 Å². The van der Waals surface area contributed by atoms with Gasteiger partial charge in [-0.05, 0) is 50.9 Å². The summed E-state index contributed by atoms with van der Waals surface area (Å²) in [6.07, 6.45) is 18.4.